The van der Waals surface area contributed by atoms with E-state index in [0.717, 1.165) is 49.5 Å². The standard InChI is InChI=1S/C24H29N5O3/c1-2-11-28-22-19(26-20(27-22)18-9-6-10-24(18)31-12-13-32-24)21-25-17(15-29(21)23(28)30)14-16-7-4-3-5-8-16/h3-5,7-8,17-18H,2,6,9-15H2,1H3,(H,26,27)/t17-,18?/m1/s1. The number of aromatic amines is 1. The molecule has 2 fully saturated rings. The van der Waals surface area contributed by atoms with Gasteiger partial charge in [-0.2, -0.15) is 0 Å². The average molecular weight is 436 g/mol. The summed E-state index contributed by atoms with van der Waals surface area (Å²) in [5.74, 6) is 1.73. The summed E-state index contributed by atoms with van der Waals surface area (Å²) in [5.41, 5.74) is 2.08. The van der Waals surface area contributed by atoms with Crippen LogP contribution in [0, 0.1) is 0 Å². The number of amidine groups is 1. The van der Waals surface area contributed by atoms with Crippen molar-refractivity contribution in [2.75, 3.05) is 31.2 Å². The molecule has 1 aliphatic carbocycles. The molecule has 2 atom stereocenters. The van der Waals surface area contributed by atoms with Crippen LogP contribution in [-0.4, -0.2) is 64.9 Å². The van der Waals surface area contributed by atoms with Crippen molar-refractivity contribution in [1.29, 1.82) is 0 Å². The number of hydrogen-bond acceptors (Lipinski definition) is 5. The van der Waals surface area contributed by atoms with Gasteiger partial charge >= 0.3 is 6.03 Å². The Morgan fingerprint density at radius 2 is 2.03 bits per heavy atom. The molecule has 168 valence electrons. The Bertz CT molecular complexity index is 1040. The van der Waals surface area contributed by atoms with Crippen LogP contribution in [0.2, 0.25) is 0 Å². The van der Waals surface area contributed by atoms with E-state index >= 15 is 0 Å². The number of aliphatic imine (C=N–C) groups is 1. The Hall–Kier alpha value is -2.71. The molecular formula is C24H29N5O3. The fourth-order valence-electron chi connectivity index (χ4n) is 5.61. The Morgan fingerprint density at radius 3 is 2.81 bits per heavy atom. The average Bonchev–Trinajstić information content (AvgIpc) is 3.59. The minimum absolute atomic E-state index is 0.0267. The Balaban J connectivity index is 1.37. The zero-order valence-electron chi connectivity index (χ0n) is 18.4. The van der Waals surface area contributed by atoms with Crippen molar-refractivity contribution in [3.63, 3.8) is 0 Å². The number of imidazole rings is 1. The molecule has 8 nitrogen and oxygen atoms in total. The maximum Gasteiger partial charge on any atom is 0.331 e. The second kappa shape index (κ2) is 7.71. The molecule has 1 aromatic heterocycles. The van der Waals surface area contributed by atoms with Crippen molar-refractivity contribution in [2.45, 2.75) is 56.8 Å². The minimum Gasteiger partial charge on any atom is -0.347 e. The zero-order chi connectivity index (χ0) is 21.7. The topological polar surface area (TPSA) is 83.1 Å². The van der Waals surface area contributed by atoms with Gasteiger partial charge in [-0.25, -0.2) is 9.78 Å². The highest BCUT2D eigenvalue weighted by Crippen LogP contribution is 2.48. The molecule has 1 aromatic carbocycles. The van der Waals surface area contributed by atoms with Gasteiger partial charge in [0.25, 0.3) is 0 Å². The lowest BCUT2D eigenvalue weighted by atomic mass is 10.0. The van der Waals surface area contributed by atoms with Crippen LogP contribution < -0.4 is 4.90 Å². The lowest BCUT2D eigenvalue weighted by Gasteiger charge is -2.32. The van der Waals surface area contributed by atoms with Crippen molar-refractivity contribution in [1.82, 2.24) is 14.9 Å². The number of urea groups is 1. The number of carbonyl (C=O) groups excluding carboxylic acids is 1. The van der Waals surface area contributed by atoms with Gasteiger partial charge in [-0.3, -0.25) is 14.8 Å². The Kier molecular flexibility index (Phi) is 4.80. The molecule has 1 N–H and O–H groups in total. The first-order chi connectivity index (χ1) is 15.7. The van der Waals surface area contributed by atoms with Gasteiger partial charge in [0.05, 0.1) is 31.7 Å². The number of nitrogens with one attached hydrogen (secondary N) is 1. The van der Waals surface area contributed by atoms with Crippen molar-refractivity contribution < 1.29 is 14.3 Å². The maximum absolute atomic E-state index is 13.4. The van der Waals surface area contributed by atoms with E-state index in [1.54, 1.807) is 4.90 Å². The number of H-pyrrole nitrogens is 1. The molecule has 4 aliphatic rings. The Morgan fingerprint density at radius 1 is 1.22 bits per heavy atom. The molecule has 1 saturated carbocycles. The third-order valence-electron chi connectivity index (χ3n) is 7.01. The van der Waals surface area contributed by atoms with E-state index in [1.807, 2.05) is 23.1 Å². The monoisotopic (exact) mass is 435 g/mol. The molecular weight excluding hydrogens is 406 g/mol. The fraction of sp³-hybridized carbons (Fsp3) is 0.542. The van der Waals surface area contributed by atoms with E-state index < -0.39 is 5.79 Å². The lowest BCUT2D eigenvalue weighted by molar-refractivity contribution is -0.163. The van der Waals surface area contributed by atoms with E-state index in [1.165, 1.54) is 5.56 Å². The van der Waals surface area contributed by atoms with Gasteiger partial charge in [0.15, 0.2) is 17.4 Å². The predicted octanol–water partition coefficient (Wildman–Crippen LogP) is 3.44. The molecule has 8 heteroatoms. The largest absolute Gasteiger partial charge is 0.347 e. The predicted molar refractivity (Wildman–Crippen MR) is 120 cm³/mol. The van der Waals surface area contributed by atoms with Crippen LogP contribution >= 0.6 is 0 Å². The molecule has 2 aromatic rings. The molecule has 0 radical (unpaired) electrons. The van der Waals surface area contributed by atoms with Crippen molar-refractivity contribution in [2.24, 2.45) is 4.99 Å². The van der Waals surface area contributed by atoms with Gasteiger partial charge in [-0.05, 0) is 31.2 Å². The summed E-state index contributed by atoms with van der Waals surface area (Å²) in [6.45, 7) is 4.55. The first-order valence-electron chi connectivity index (χ1n) is 11.8. The second-order valence-electron chi connectivity index (χ2n) is 9.12. The quantitative estimate of drug-likeness (QED) is 0.780. The first kappa shape index (κ1) is 19.9. The zero-order valence-corrected chi connectivity index (χ0v) is 18.4. The summed E-state index contributed by atoms with van der Waals surface area (Å²) in [4.78, 5) is 30.5. The highest BCUT2D eigenvalue weighted by atomic mass is 16.7. The number of anilines is 1. The smallest absolute Gasteiger partial charge is 0.331 e. The number of ether oxygens (including phenoxy) is 2. The van der Waals surface area contributed by atoms with Gasteiger partial charge in [-0.1, -0.05) is 37.3 Å². The fourth-order valence-corrected chi connectivity index (χ4v) is 5.61. The van der Waals surface area contributed by atoms with Crippen LogP contribution in [0.25, 0.3) is 0 Å². The summed E-state index contributed by atoms with van der Waals surface area (Å²) >= 11 is 0. The van der Waals surface area contributed by atoms with Gasteiger partial charge < -0.3 is 14.5 Å². The lowest BCUT2D eigenvalue weighted by Crippen LogP contribution is -2.50. The third kappa shape index (κ3) is 3.08. The number of benzene rings is 1. The maximum atomic E-state index is 13.4. The SMILES string of the molecule is CCCN1C(=O)N2C[C@@H](Cc3ccccc3)N=C2c2[nH]c(C3CCCC34OCCO4)nc21. The molecule has 3 aliphatic heterocycles. The van der Waals surface area contributed by atoms with Crippen LogP contribution in [0.15, 0.2) is 35.3 Å². The molecule has 32 heavy (non-hydrogen) atoms. The van der Waals surface area contributed by atoms with Crippen molar-refractivity contribution >= 4 is 17.7 Å². The van der Waals surface area contributed by atoms with Crippen LogP contribution in [0.3, 0.4) is 0 Å². The van der Waals surface area contributed by atoms with E-state index in [0.29, 0.717) is 32.1 Å². The summed E-state index contributed by atoms with van der Waals surface area (Å²) in [7, 11) is 0. The molecule has 6 rings (SSSR count). The van der Waals surface area contributed by atoms with Crippen LogP contribution in [-0.2, 0) is 15.9 Å². The number of carbonyl (C=O) groups is 1. The number of aromatic nitrogens is 2. The van der Waals surface area contributed by atoms with Crippen LogP contribution in [0.5, 0.6) is 0 Å². The summed E-state index contributed by atoms with van der Waals surface area (Å²) in [5, 5.41) is 0. The number of rotatable bonds is 5. The van der Waals surface area contributed by atoms with E-state index in [-0.39, 0.29) is 18.0 Å². The molecule has 1 spiro atoms. The number of amides is 2. The van der Waals surface area contributed by atoms with Crippen molar-refractivity contribution in [3.8, 4) is 0 Å². The summed E-state index contributed by atoms with van der Waals surface area (Å²) in [6.07, 6.45) is 4.56. The first-order valence-corrected chi connectivity index (χ1v) is 11.8. The van der Waals surface area contributed by atoms with Crippen LogP contribution in [0.1, 0.15) is 55.6 Å². The number of fused-ring (bicyclic) bond motifs is 3. The van der Waals surface area contributed by atoms with E-state index in [4.69, 9.17) is 19.5 Å². The molecule has 0 bridgehead atoms. The summed E-state index contributed by atoms with van der Waals surface area (Å²) < 4.78 is 12.1. The Labute approximate surface area is 187 Å². The van der Waals surface area contributed by atoms with Gasteiger partial charge in [-0.15, -0.1) is 0 Å². The summed E-state index contributed by atoms with van der Waals surface area (Å²) in [6, 6.07) is 10.3. The van der Waals surface area contributed by atoms with Crippen molar-refractivity contribution in [3.05, 3.63) is 47.4 Å². The van der Waals surface area contributed by atoms with Gasteiger partial charge in [0.2, 0.25) is 0 Å². The highest BCUT2D eigenvalue weighted by molar-refractivity contribution is 6.18. The van der Waals surface area contributed by atoms with E-state index in [9.17, 15) is 4.79 Å². The highest BCUT2D eigenvalue weighted by Gasteiger charge is 2.51. The number of nitrogens with zero attached hydrogens (tertiary/aromatic N) is 4. The molecule has 1 saturated heterocycles. The minimum atomic E-state index is -0.576. The van der Waals surface area contributed by atoms with Gasteiger partial charge in [0.1, 0.15) is 11.5 Å². The normalized spacial score (nSPS) is 26.0. The van der Waals surface area contributed by atoms with E-state index in [2.05, 4.69) is 24.0 Å². The van der Waals surface area contributed by atoms with Crippen LogP contribution in [0.4, 0.5) is 10.6 Å². The van der Waals surface area contributed by atoms with Gasteiger partial charge in [0, 0.05) is 13.0 Å². The molecule has 1 unspecified atom stereocenters. The number of hydrogen-bond donors (Lipinski definition) is 1. The molecule has 4 heterocycles. The third-order valence-corrected chi connectivity index (χ3v) is 7.01. The second-order valence-corrected chi connectivity index (χ2v) is 9.12. The molecule has 2 amide bonds.